The third-order valence-electron chi connectivity index (χ3n) is 4.50. The van der Waals surface area contributed by atoms with E-state index in [0.29, 0.717) is 6.54 Å². The van der Waals surface area contributed by atoms with E-state index in [9.17, 15) is 17.6 Å². The molecule has 138 valence electrons. The zero-order chi connectivity index (χ0) is 18.4. The maximum Gasteiger partial charge on any atom is 0.254 e. The van der Waals surface area contributed by atoms with Gasteiger partial charge in [0.1, 0.15) is 10.7 Å². The molecule has 1 fully saturated rings. The number of rotatable bonds is 7. The Hall–Kier alpha value is -1.73. The van der Waals surface area contributed by atoms with Gasteiger partial charge < -0.3 is 4.90 Å². The number of nitrogens with zero attached hydrogens (tertiary/aromatic N) is 1. The van der Waals surface area contributed by atoms with E-state index in [1.165, 1.54) is 18.6 Å². The first-order chi connectivity index (χ1) is 11.9. The maximum absolute atomic E-state index is 14.0. The van der Waals surface area contributed by atoms with Crippen LogP contribution in [-0.2, 0) is 10.0 Å². The topological polar surface area (TPSA) is 66.5 Å². The standard InChI is InChI=1S/C18H25FN2O3S/c1-3-12-20-25(23,24)17-13-14(10-11-16(17)19)18(22)21(4-2)15-8-6-5-7-9-15/h3,10-11,13,15,20H,1,4-9,12H2,2H3. The zero-order valence-corrected chi connectivity index (χ0v) is 15.3. The van der Waals surface area contributed by atoms with Gasteiger partial charge in [-0.3, -0.25) is 4.79 Å². The van der Waals surface area contributed by atoms with Crippen molar-refractivity contribution in [1.82, 2.24) is 9.62 Å². The van der Waals surface area contributed by atoms with E-state index in [4.69, 9.17) is 0 Å². The Bertz CT molecular complexity index is 728. The van der Waals surface area contributed by atoms with Crippen LogP contribution in [0.15, 0.2) is 35.7 Å². The fourth-order valence-electron chi connectivity index (χ4n) is 3.21. The van der Waals surface area contributed by atoms with Gasteiger partial charge in [-0.1, -0.05) is 25.3 Å². The molecule has 5 nitrogen and oxygen atoms in total. The summed E-state index contributed by atoms with van der Waals surface area (Å²) < 4.78 is 40.7. The molecule has 1 aliphatic carbocycles. The normalized spacial score (nSPS) is 15.8. The molecule has 0 heterocycles. The molecule has 25 heavy (non-hydrogen) atoms. The first-order valence-electron chi connectivity index (χ1n) is 8.61. The average Bonchev–Trinajstić information content (AvgIpc) is 2.61. The lowest BCUT2D eigenvalue weighted by Crippen LogP contribution is -2.41. The molecular formula is C18H25FN2O3S. The number of hydrogen-bond donors (Lipinski definition) is 1. The molecule has 1 saturated carbocycles. The van der Waals surface area contributed by atoms with E-state index in [1.54, 1.807) is 4.90 Å². The van der Waals surface area contributed by atoms with Crippen molar-refractivity contribution in [3.63, 3.8) is 0 Å². The minimum atomic E-state index is -4.03. The van der Waals surface area contributed by atoms with Crippen molar-refractivity contribution in [2.24, 2.45) is 0 Å². The lowest BCUT2D eigenvalue weighted by atomic mass is 9.93. The van der Waals surface area contributed by atoms with Gasteiger partial charge in [0.2, 0.25) is 10.0 Å². The molecule has 2 rings (SSSR count). The van der Waals surface area contributed by atoms with Gasteiger partial charge in [-0.05, 0) is 38.0 Å². The SMILES string of the molecule is C=CCNS(=O)(=O)c1cc(C(=O)N(CC)C2CCCCC2)ccc1F. The molecule has 0 atom stereocenters. The lowest BCUT2D eigenvalue weighted by molar-refractivity contribution is 0.0647. The number of halogens is 1. The monoisotopic (exact) mass is 368 g/mol. The fraction of sp³-hybridized carbons (Fsp3) is 0.500. The molecule has 0 aromatic heterocycles. The Morgan fingerprint density at radius 1 is 1.36 bits per heavy atom. The van der Waals surface area contributed by atoms with Crippen LogP contribution >= 0.6 is 0 Å². The fourth-order valence-corrected chi connectivity index (χ4v) is 4.31. The van der Waals surface area contributed by atoms with Crippen molar-refractivity contribution in [3.8, 4) is 0 Å². The summed E-state index contributed by atoms with van der Waals surface area (Å²) in [7, 11) is -4.03. The Kier molecular flexibility index (Phi) is 6.72. The van der Waals surface area contributed by atoms with Gasteiger partial charge in [-0.15, -0.1) is 6.58 Å². The highest BCUT2D eigenvalue weighted by molar-refractivity contribution is 7.89. The number of carbonyl (C=O) groups is 1. The van der Waals surface area contributed by atoms with E-state index in [1.807, 2.05) is 6.92 Å². The predicted molar refractivity (Wildman–Crippen MR) is 95.4 cm³/mol. The van der Waals surface area contributed by atoms with Crippen molar-refractivity contribution in [1.29, 1.82) is 0 Å². The molecule has 0 radical (unpaired) electrons. The minimum absolute atomic E-state index is 0.0108. The third kappa shape index (κ3) is 4.67. The van der Waals surface area contributed by atoms with Crippen LogP contribution in [0.1, 0.15) is 49.4 Å². The molecule has 1 N–H and O–H groups in total. The minimum Gasteiger partial charge on any atom is -0.336 e. The summed E-state index contributed by atoms with van der Waals surface area (Å²) in [5, 5.41) is 0. The van der Waals surface area contributed by atoms with Crippen LogP contribution in [0.25, 0.3) is 0 Å². The van der Waals surface area contributed by atoms with Crippen LogP contribution in [0.5, 0.6) is 0 Å². The number of hydrogen-bond acceptors (Lipinski definition) is 3. The summed E-state index contributed by atoms with van der Waals surface area (Å²) in [5.74, 6) is -1.14. The molecule has 0 unspecified atom stereocenters. The van der Waals surface area contributed by atoms with Crippen LogP contribution in [0.3, 0.4) is 0 Å². The highest BCUT2D eigenvalue weighted by Crippen LogP contribution is 2.25. The molecule has 1 amide bonds. The number of sulfonamides is 1. The summed E-state index contributed by atoms with van der Waals surface area (Å²) in [6.45, 7) is 5.86. The summed E-state index contributed by atoms with van der Waals surface area (Å²) in [5.41, 5.74) is 0.188. The number of benzene rings is 1. The quantitative estimate of drug-likeness (QED) is 0.752. The van der Waals surface area contributed by atoms with Crippen molar-refractivity contribution in [2.75, 3.05) is 13.1 Å². The number of nitrogens with one attached hydrogen (secondary N) is 1. The zero-order valence-electron chi connectivity index (χ0n) is 14.5. The first kappa shape index (κ1) is 19.6. The van der Waals surface area contributed by atoms with Gasteiger partial charge >= 0.3 is 0 Å². The van der Waals surface area contributed by atoms with Crippen LogP contribution in [0.4, 0.5) is 4.39 Å². The van der Waals surface area contributed by atoms with Gasteiger partial charge in [0.15, 0.2) is 0 Å². The van der Waals surface area contributed by atoms with E-state index in [-0.39, 0.29) is 24.1 Å². The van der Waals surface area contributed by atoms with E-state index >= 15 is 0 Å². The van der Waals surface area contributed by atoms with Gasteiger partial charge in [-0.25, -0.2) is 17.5 Å². The van der Waals surface area contributed by atoms with E-state index in [2.05, 4.69) is 11.3 Å². The molecular weight excluding hydrogens is 343 g/mol. The molecule has 1 aliphatic rings. The van der Waals surface area contributed by atoms with Gasteiger partial charge in [0, 0.05) is 24.7 Å². The van der Waals surface area contributed by atoms with E-state index in [0.717, 1.165) is 37.8 Å². The second kappa shape index (κ2) is 8.58. The summed E-state index contributed by atoms with van der Waals surface area (Å²) in [6.07, 6.45) is 6.62. The molecule has 0 saturated heterocycles. The Morgan fingerprint density at radius 2 is 2.04 bits per heavy atom. The van der Waals surface area contributed by atoms with Gasteiger partial charge in [-0.2, -0.15) is 0 Å². The first-order valence-corrected chi connectivity index (χ1v) is 10.1. The van der Waals surface area contributed by atoms with Crippen molar-refractivity contribution in [3.05, 3.63) is 42.2 Å². The smallest absolute Gasteiger partial charge is 0.254 e. The highest BCUT2D eigenvalue weighted by atomic mass is 32.2. The summed E-state index contributed by atoms with van der Waals surface area (Å²) in [4.78, 5) is 14.1. The van der Waals surface area contributed by atoms with Crippen LogP contribution in [-0.4, -0.2) is 38.4 Å². The van der Waals surface area contributed by atoms with Gasteiger partial charge in [0.05, 0.1) is 0 Å². The maximum atomic E-state index is 14.0. The molecule has 0 bridgehead atoms. The van der Waals surface area contributed by atoms with Crippen LogP contribution < -0.4 is 4.72 Å². The summed E-state index contributed by atoms with van der Waals surface area (Å²) in [6, 6.07) is 3.66. The average molecular weight is 368 g/mol. The van der Waals surface area contributed by atoms with Gasteiger partial charge in [0.25, 0.3) is 5.91 Å². The van der Waals surface area contributed by atoms with Crippen LogP contribution in [0.2, 0.25) is 0 Å². The number of amides is 1. The third-order valence-corrected chi connectivity index (χ3v) is 5.94. The second-order valence-electron chi connectivity index (χ2n) is 6.17. The highest BCUT2D eigenvalue weighted by Gasteiger charge is 2.27. The van der Waals surface area contributed by atoms with Crippen molar-refractivity contribution in [2.45, 2.75) is 50.0 Å². The molecule has 1 aromatic carbocycles. The molecule has 7 heteroatoms. The van der Waals surface area contributed by atoms with Crippen molar-refractivity contribution < 1.29 is 17.6 Å². The Balaban J connectivity index is 2.30. The van der Waals surface area contributed by atoms with Crippen molar-refractivity contribution >= 4 is 15.9 Å². The number of carbonyl (C=O) groups excluding carboxylic acids is 1. The lowest BCUT2D eigenvalue weighted by Gasteiger charge is -2.33. The van der Waals surface area contributed by atoms with Crippen LogP contribution in [0, 0.1) is 5.82 Å². The second-order valence-corrected chi connectivity index (χ2v) is 7.90. The van der Waals surface area contributed by atoms with E-state index < -0.39 is 20.7 Å². The molecule has 0 aliphatic heterocycles. The summed E-state index contributed by atoms with van der Waals surface area (Å²) >= 11 is 0. The molecule has 1 aromatic rings. The molecule has 0 spiro atoms. The Labute approximate surface area is 149 Å². The largest absolute Gasteiger partial charge is 0.336 e. The predicted octanol–water partition coefficient (Wildman–Crippen LogP) is 3.08. The Morgan fingerprint density at radius 3 is 2.64 bits per heavy atom.